The Kier molecular flexibility index (Phi) is 6.13. The number of amides is 1. The zero-order chi connectivity index (χ0) is 25.4. The van der Waals surface area contributed by atoms with E-state index in [1.54, 1.807) is 17.1 Å². The van der Waals surface area contributed by atoms with Gasteiger partial charge in [0.05, 0.1) is 23.6 Å². The van der Waals surface area contributed by atoms with Crippen molar-refractivity contribution < 1.29 is 9.21 Å². The van der Waals surface area contributed by atoms with Crippen molar-refractivity contribution in [2.24, 2.45) is 7.05 Å². The summed E-state index contributed by atoms with van der Waals surface area (Å²) in [6.45, 7) is 1.62. The minimum absolute atomic E-state index is 0.0345. The van der Waals surface area contributed by atoms with Crippen molar-refractivity contribution >= 4 is 17.5 Å². The Morgan fingerprint density at radius 3 is 2.81 bits per heavy atom. The summed E-state index contributed by atoms with van der Waals surface area (Å²) in [6.07, 6.45) is 9.37. The highest BCUT2D eigenvalue weighted by Crippen LogP contribution is 2.35. The van der Waals surface area contributed by atoms with E-state index < -0.39 is 0 Å². The minimum Gasteiger partial charge on any atom is -0.417 e. The van der Waals surface area contributed by atoms with Crippen molar-refractivity contribution in [3.8, 4) is 11.3 Å². The summed E-state index contributed by atoms with van der Waals surface area (Å²) >= 11 is 0. The molecule has 1 fully saturated rings. The predicted molar refractivity (Wildman–Crippen MR) is 136 cm³/mol. The van der Waals surface area contributed by atoms with Crippen LogP contribution in [-0.4, -0.2) is 54.3 Å². The fourth-order valence-corrected chi connectivity index (χ4v) is 4.83. The van der Waals surface area contributed by atoms with Crippen LogP contribution in [0.3, 0.4) is 0 Å². The van der Waals surface area contributed by atoms with Crippen molar-refractivity contribution in [2.75, 3.05) is 18.9 Å². The number of hydrogen-bond acceptors (Lipinski definition) is 9. The van der Waals surface area contributed by atoms with E-state index in [0.717, 1.165) is 60.4 Å². The number of anilines is 2. The lowest BCUT2D eigenvalue weighted by molar-refractivity contribution is 0.0894. The molecule has 190 valence electrons. The van der Waals surface area contributed by atoms with Gasteiger partial charge in [-0.25, -0.2) is 9.97 Å². The van der Waals surface area contributed by atoms with Crippen molar-refractivity contribution in [1.29, 1.82) is 0 Å². The van der Waals surface area contributed by atoms with Gasteiger partial charge >= 0.3 is 11.8 Å². The zero-order valence-corrected chi connectivity index (χ0v) is 20.9. The minimum atomic E-state index is -0.329. The summed E-state index contributed by atoms with van der Waals surface area (Å²) < 4.78 is 7.41. The lowest BCUT2D eigenvalue weighted by atomic mass is 9.85. The molecule has 0 radical (unpaired) electrons. The van der Waals surface area contributed by atoms with Gasteiger partial charge in [0.1, 0.15) is 0 Å². The third-order valence-electron chi connectivity index (χ3n) is 7.07. The second-order valence-electron chi connectivity index (χ2n) is 9.83. The molecule has 1 aromatic carbocycles. The molecule has 4 heterocycles. The molecule has 1 amide bonds. The number of nitrogens with one attached hydrogen (secondary N) is 2. The van der Waals surface area contributed by atoms with Gasteiger partial charge in [0.2, 0.25) is 11.8 Å². The van der Waals surface area contributed by atoms with Gasteiger partial charge in [-0.2, -0.15) is 5.10 Å². The number of rotatable bonds is 6. The maximum atomic E-state index is 13.0. The van der Waals surface area contributed by atoms with Crippen LogP contribution in [0.2, 0.25) is 0 Å². The molecule has 2 N–H and O–H groups in total. The number of aromatic nitrogens is 6. The summed E-state index contributed by atoms with van der Waals surface area (Å²) in [7, 11) is 3.95. The molecule has 0 saturated heterocycles. The van der Waals surface area contributed by atoms with Gasteiger partial charge in [-0.05, 0) is 49.6 Å². The molecule has 1 aliphatic carbocycles. The van der Waals surface area contributed by atoms with Crippen molar-refractivity contribution in [2.45, 2.75) is 44.2 Å². The van der Waals surface area contributed by atoms with Crippen LogP contribution in [0.4, 0.5) is 11.6 Å². The summed E-state index contributed by atoms with van der Waals surface area (Å²) in [6, 6.07) is 8.01. The van der Waals surface area contributed by atoms with E-state index in [1.807, 2.05) is 25.4 Å². The van der Waals surface area contributed by atoms with Gasteiger partial charge in [0, 0.05) is 44.0 Å². The summed E-state index contributed by atoms with van der Waals surface area (Å²) in [5, 5.41) is 18.6. The van der Waals surface area contributed by atoms with Crippen LogP contribution in [0.5, 0.6) is 0 Å². The van der Waals surface area contributed by atoms with Crippen LogP contribution in [0.15, 0.2) is 47.3 Å². The third kappa shape index (κ3) is 4.94. The van der Waals surface area contributed by atoms with Gasteiger partial charge < -0.3 is 20.0 Å². The van der Waals surface area contributed by atoms with E-state index in [4.69, 9.17) is 9.40 Å². The first kappa shape index (κ1) is 23.3. The van der Waals surface area contributed by atoms with Gasteiger partial charge in [0.15, 0.2) is 0 Å². The van der Waals surface area contributed by atoms with E-state index in [1.165, 1.54) is 6.42 Å². The van der Waals surface area contributed by atoms with Crippen LogP contribution < -0.4 is 10.6 Å². The van der Waals surface area contributed by atoms with E-state index >= 15 is 0 Å². The zero-order valence-electron chi connectivity index (χ0n) is 20.9. The fourth-order valence-electron chi connectivity index (χ4n) is 4.83. The van der Waals surface area contributed by atoms with E-state index in [0.29, 0.717) is 17.8 Å². The molecule has 1 aliphatic heterocycles. The molecule has 37 heavy (non-hydrogen) atoms. The largest absolute Gasteiger partial charge is 0.417 e. The number of fused-ring (bicyclic) bond motifs is 1. The molecular formula is C26H29N9O2. The van der Waals surface area contributed by atoms with Gasteiger partial charge in [-0.1, -0.05) is 18.6 Å². The highest BCUT2D eigenvalue weighted by atomic mass is 16.4. The van der Waals surface area contributed by atoms with E-state index in [2.05, 4.69) is 55.0 Å². The molecule has 3 aromatic heterocycles. The Balaban J connectivity index is 1.23. The van der Waals surface area contributed by atoms with Crippen LogP contribution in [0.1, 0.15) is 65.3 Å². The highest BCUT2D eigenvalue weighted by Gasteiger charge is 2.29. The molecule has 1 atom stereocenters. The maximum absolute atomic E-state index is 13.0. The number of nitrogens with zero attached hydrogens (tertiary/aromatic N) is 7. The molecule has 0 unspecified atom stereocenters. The monoisotopic (exact) mass is 499 g/mol. The molecular weight excluding hydrogens is 470 g/mol. The van der Waals surface area contributed by atoms with Crippen molar-refractivity contribution in [1.82, 2.24) is 40.2 Å². The Labute approximate surface area is 214 Å². The van der Waals surface area contributed by atoms with E-state index in [9.17, 15) is 4.79 Å². The molecule has 11 nitrogen and oxygen atoms in total. The lowest BCUT2D eigenvalue weighted by Gasteiger charge is -2.21. The van der Waals surface area contributed by atoms with E-state index in [-0.39, 0.29) is 17.8 Å². The lowest BCUT2D eigenvalue weighted by Crippen LogP contribution is -2.30. The molecule has 6 rings (SSSR count). The Morgan fingerprint density at radius 1 is 1.14 bits per heavy atom. The molecule has 1 saturated carbocycles. The predicted octanol–water partition coefficient (Wildman–Crippen LogP) is 3.58. The Bertz CT molecular complexity index is 1420. The average molecular weight is 500 g/mol. The highest BCUT2D eigenvalue weighted by molar-refractivity contribution is 5.89. The second kappa shape index (κ2) is 9.74. The van der Waals surface area contributed by atoms with Crippen LogP contribution >= 0.6 is 0 Å². The number of carbonyl (C=O) groups is 1. The molecule has 0 spiro atoms. The first-order valence-electron chi connectivity index (χ1n) is 12.6. The number of benzene rings is 1. The van der Waals surface area contributed by atoms with Crippen molar-refractivity contribution in [3.05, 3.63) is 65.8 Å². The molecule has 0 bridgehead atoms. The normalized spacial score (nSPS) is 18.1. The van der Waals surface area contributed by atoms with Gasteiger partial charge in [0.25, 0.3) is 0 Å². The average Bonchev–Trinajstić information content (AvgIpc) is 3.46. The maximum Gasteiger partial charge on any atom is 0.309 e. The Hall–Kier alpha value is -4.12. The molecule has 11 heteroatoms. The number of carbonyl (C=O) groups excluding carboxylic acids is 1. The van der Waals surface area contributed by atoms with Gasteiger partial charge in [-0.15, -0.1) is 10.2 Å². The summed E-state index contributed by atoms with van der Waals surface area (Å²) in [4.78, 5) is 24.3. The number of aryl methyl sites for hydroxylation is 1. The SMILES string of the molecule is CN1CC[C@@H](NC(=O)c2nnc(C3CCC3)o2)c2ccc(-c3ccnc(Nc4cnn(C)c4)n3)cc2C1. The smallest absolute Gasteiger partial charge is 0.309 e. The fraction of sp³-hybridized carbons (Fsp3) is 0.385. The first-order chi connectivity index (χ1) is 18.0. The topological polar surface area (TPSA) is 127 Å². The van der Waals surface area contributed by atoms with Crippen LogP contribution in [-0.2, 0) is 13.6 Å². The van der Waals surface area contributed by atoms with Crippen LogP contribution in [0, 0.1) is 0 Å². The Morgan fingerprint density at radius 2 is 2.03 bits per heavy atom. The first-order valence-corrected chi connectivity index (χ1v) is 12.6. The summed E-state index contributed by atoms with van der Waals surface area (Å²) in [5.41, 5.74) is 4.85. The molecule has 4 aromatic rings. The molecule has 2 aliphatic rings. The summed E-state index contributed by atoms with van der Waals surface area (Å²) in [5.74, 6) is 1.08. The van der Waals surface area contributed by atoms with Crippen molar-refractivity contribution in [3.63, 3.8) is 0 Å². The standard InChI is InChI=1S/C26H29N9O2/c1-34-11-9-22(30-23(36)25-33-32-24(37-25)16-4-3-5-16)20-7-6-17(12-18(20)14-34)21-8-10-27-26(31-21)29-19-13-28-35(2)15-19/h6-8,10,12-13,15-16,22H,3-5,9,11,14H2,1-2H3,(H,30,36)(H,27,29,31)/t22-/m1/s1. The second-order valence-corrected chi connectivity index (χ2v) is 9.83. The third-order valence-corrected chi connectivity index (χ3v) is 7.07. The quantitative estimate of drug-likeness (QED) is 0.409. The van der Waals surface area contributed by atoms with Crippen LogP contribution in [0.25, 0.3) is 11.3 Å². The number of hydrogen-bond donors (Lipinski definition) is 2. The van der Waals surface area contributed by atoms with Gasteiger partial charge in [-0.3, -0.25) is 9.48 Å².